The molecular formula is C9H12O5S. The van der Waals surface area contributed by atoms with Crippen LogP contribution in [0.25, 0.3) is 0 Å². The fourth-order valence-corrected chi connectivity index (χ4v) is 1.38. The maximum atomic E-state index is 11.1. The summed E-state index contributed by atoms with van der Waals surface area (Å²) in [6, 6.07) is 3.44. The molecule has 1 unspecified atom stereocenters. The van der Waals surface area contributed by atoms with Gasteiger partial charge in [0.15, 0.2) is 5.06 Å². The summed E-state index contributed by atoms with van der Waals surface area (Å²) in [7, 11) is 0. The van der Waals surface area contributed by atoms with E-state index in [4.69, 9.17) is 19.7 Å². The summed E-state index contributed by atoms with van der Waals surface area (Å²) in [6.45, 7) is -0.717. The van der Waals surface area contributed by atoms with E-state index in [0.717, 1.165) is 0 Å². The number of hydrogen-bond acceptors (Lipinski definition) is 6. The van der Waals surface area contributed by atoms with Crippen molar-refractivity contribution in [1.82, 2.24) is 0 Å². The van der Waals surface area contributed by atoms with Gasteiger partial charge in [-0.25, -0.2) is 4.79 Å². The molecule has 0 radical (unpaired) electrons. The Hall–Kier alpha value is -0.950. The molecule has 0 aliphatic carbocycles. The molecule has 0 aromatic carbocycles. The molecule has 15 heavy (non-hydrogen) atoms. The normalized spacial score (nSPS) is 12.4. The van der Waals surface area contributed by atoms with Crippen LogP contribution in [0, 0.1) is 0 Å². The quantitative estimate of drug-likeness (QED) is 0.676. The molecule has 0 spiro atoms. The second-order valence-electron chi connectivity index (χ2n) is 2.76. The summed E-state index contributed by atoms with van der Waals surface area (Å²) in [5, 5.41) is 19.7. The van der Waals surface area contributed by atoms with E-state index in [1.807, 2.05) is 0 Å². The number of esters is 1. The smallest absolute Gasteiger partial charge is 0.338 e. The summed E-state index contributed by atoms with van der Waals surface area (Å²) < 4.78 is 9.70. The zero-order valence-electron chi connectivity index (χ0n) is 7.96. The van der Waals surface area contributed by atoms with Crippen molar-refractivity contribution in [3.05, 3.63) is 17.5 Å². The molecule has 0 amide bonds. The average Bonchev–Trinajstić information content (AvgIpc) is 2.70. The van der Waals surface area contributed by atoms with Crippen LogP contribution < -0.4 is 4.74 Å². The first-order valence-electron chi connectivity index (χ1n) is 4.33. The fourth-order valence-electron chi connectivity index (χ4n) is 0.794. The van der Waals surface area contributed by atoms with Gasteiger partial charge in [0, 0.05) is 0 Å². The molecule has 1 atom stereocenters. The van der Waals surface area contributed by atoms with Gasteiger partial charge in [-0.2, -0.15) is 0 Å². The van der Waals surface area contributed by atoms with E-state index in [2.05, 4.69) is 0 Å². The van der Waals surface area contributed by atoms with Crippen molar-refractivity contribution in [2.24, 2.45) is 0 Å². The topological polar surface area (TPSA) is 76.0 Å². The first-order chi connectivity index (χ1) is 7.22. The van der Waals surface area contributed by atoms with Crippen LogP contribution >= 0.6 is 11.3 Å². The van der Waals surface area contributed by atoms with Crippen molar-refractivity contribution >= 4 is 17.3 Å². The molecule has 5 nitrogen and oxygen atoms in total. The third-order valence-electron chi connectivity index (χ3n) is 1.45. The van der Waals surface area contributed by atoms with Crippen molar-refractivity contribution in [1.29, 1.82) is 0 Å². The number of carbonyl (C=O) groups excluding carboxylic acids is 1. The van der Waals surface area contributed by atoms with E-state index in [1.165, 1.54) is 11.3 Å². The Bertz CT molecular complexity index is 285. The Kier molecular flexibility index (Phi) is 5.27. The van der Waals surface area contributed by atoms with Crippen LogP contribution in [0.4, 0.5) is 0 Å². The molecule has 0 aliphatic heterocycles. The summed E-state index contributed by atoms with van der Waals surface area (Å²) >= 11 is 1.31. The van der Waals surface area contributed by atoms with E-state index < -0.39 is 12.1 Å². The summed E-state index contributed by atoms with van der Waals surface area (Å²) in [6.07, 6.45) is -0.959. The molecule has 1 heterocycles. The van der Waals surface area contributed by atoms with Crippen LogP contribution in [0.3, 0.4) is 0 Å². The lowest BCUT2D eigenvalue weighted by Crippen LogP contribution is -2.23. The number of carbonyl (C=O) groups is 1. The molecule has 1 aromatic heterocycles. The van der Waals surface area contributed by atoms with Crippen LogP contribution in [-0.2, 0) is 9.53 Å². The number of aliphatic hydroxyl groups is 2. The Balaban J connectivity index is 2.14. The number of ether oxygens (including phenoxy) is 2. The summed E-state index contributed by atoms with van der Waals surface area (Å²) in [5.74, 6) is -0.525. The molecule has 0 saturated carbocycles. The zero-order valence-corrected chi connectivity index (χ0v) is 8.77. The van der Waals surface area contributed by atoms with Gasteiger partial charge in [0.2, 0.25) is 0 Å². The van der Waals surface area contributed by atoms with Gasteiger partial charge in [-0.05, 0) is 17.5 Å². The van der Waals surface area contributed by atoms with E-state index in [0.29, 0.717) is 5.06 Å². The van der Waals surface area contributed by atoms with E-state index >= 15 is 0 Å². The summed E-state index contributed by atoms with van der Waals surface area (Å²) in [5.41, 5.74) is 0. The lowest BCUT2D eigenvalue weighted by molar-refractivity contribution is -0.140. The number of thiophene rings is 1. The van der Waals surface area contributed by atoms with Gasteiger partial charge >= 0.3 is 5.97 Å². The monoisotopic (exact) mass is 232 g/mol. The van der Waals surface area contributed by atoms with Gasteiger partial charge < -0.3 is 19.7 Å². The van der Waals surface area contributed by atoms with E-state index in [-0.39, 0.29) is 19.8 Å². The van der Waals surface area contributed by atoms with Gasteiger partial charge in [0.25, 0.3) is 0 Å². The number of hydrogen-bond donors (Lipinski definition) is 2. The molecule has 84 valence electrons. The van der Waals surface area contributed by atoms with Crippen LogP contribution in [0.2, 0.25) is 0 Å². The molecule has 1 rings (SSSR count). The third-order valence-corrected chi connectivity index (χ3v) is 2.20. The lowest BCUT2D eigenvalue weighted by atomic mass is 10.4. The first kappa shape index (κ1) is 12.1. The molecular weight excluding hydrogens is 220 g/mol. The van der Waals surface area contributed by atoms with Crippen molar-refractivity contribution < 1.29 is 24.5 Å². The minimum atomic E-state index is -0.959. The minimum absolute atomic E-state index is 0.0873. The Morgan fingerprint density at radius 3 is 3.00 bits per heavy atom. The molecule has 0 bridgehead atoms. The first-order valence-corrected chi connectivity index (χ1v) is 5.21. The lowest BCUT2D eigenvalue weighted by Gasteiger charge is -2.07. The highest BCUT2D eigenvalue weighted by Gasteiger charge is 2.07. The molecule has 2 N–H and O–H groups in total. The van der Waals surface area contributed by atoms with Crippen LogP contribution in [-0.4, -0.2) is 42.1 Å². The summed E-state index contributed by atoms with van der Waals surface area (Å²) in [4.78, 5) is 11.1. The van der Waals surface area contributed by atoms with Gasteiger partial charge in [0.05, 0.1) is 13.2 Å². The third kappa shape index (κ3) is 4.89. The van der Waals surface area contributed by atoms with E-state index in [9.17, 15) is 4.79 Å². The van der Waals surface area contributed by atoms with Crippen molar-refractivity contribution in [2.75, 3.05) is 19.8 Å². The highest BCUT2D eigenvalue weighted by molar-refractivity contribution is 7.11. The highest BCUT2D eigenvalue weighted by Crippen LogP contribution is 2.17. The molecule has 0 fully saturated rings. The average molecular weight is 232 g/mol. The maximum absolute atomic E-state index is 11.1. The van der Waals surface area contributed by atoms with Crippen LogP contribution in [0.5, 0.6) is 5.06 Å². The van der Waals surface area contributed by atoms with Crippen LogP contribution in [0.1, 0.15) is 0 Å². The van der Waals surface area contributed by atoms with Gasteiger partial charge in [0.1, 0.15) is 12.7 Å². The van der Waals surface area contributed by atoms with Crippen molar-refractivity contribution in [3.63, 3.8) is 0 Å². The Morgan fingerprint density at radius 1 is 1.60 bits per heavy atom. The number of rotatable bonds is 6. The molecule has 0 saturated heterocycles. The molecule has 0 aliphatic rings. The fraction of sp³-hybridized carbons (Fsp3) is 0.444. The number of aliphatic hydroxyl groups excluding tert-OH is 2. The molecule has 6 heteroatoms. The van der Waals surface area contributed by atoms with Crippen molar-refractivity contribution in [3.8, 4) is 5.06 Å². The van der Waals surface area contributed by atoms with Crippen molar-refractivity contribution in [2.45, 2.75) is 6.10 Å². The Labute approximate surface area is 90.9 Å². The predicted octanol–water partition coefficient (Wildman–Crippen LogP) is 0.0233. The predicted molar refractivity (Wildman–Crippen MR) is 53.9 cm³/mol. The second kappa shape index (κ2) is 6.52. The highest BCUT2D eigenvalue weighted by atomic mass is 32.1. The van der Waals surface area contributed by atoms with Gasteiger partial charge in [-0.15, -0.1) is 11.3 Å². The van der Waals surface area contributed by atoms with Gasteiger partial charge in [-0.1, -0.05) is 0 Å². The largest absolute Gasteiger partial charge is 0.414 e. The molecule has 1 aromatic rings. The standard InChI is InChI=1S/C9H12O5S/c10-4-7(11)5-13-6-8(12)14-9-2-1-3-15-9/h1-3,7,10-11H,4-6H2. The Morgan fingerprint density at radius 2 is 2.40 bits per heavy atom. The SMILES string of the molecule is O=C(COCC(O)CO)Oc1cccs1. The zero-order chi connectivity index (χ0) is 11.1. The second-order valence-corrected chi connectivity index (χ2v) is 3.67. The van der Waals surface area contributed by atoms with Crippen LogP contribution in [0.15, 0.2) is 17.5 Å². The minimum Gasteiger partial charge on any atom is -0.414 e. The maximum Gasteiger partial charge on any atom is 0.338 e. The van der Waals surface area contributed by atoms with E-state index in [1.54, 1.807) is 17.5 Å². The van der Waals surface area contributed by atoms with Gasteiger partial charge in [-0.3, -0.25) is 0 Å².